The molecular formula is C6H9N2P. The molecule has 0 spiro atoms. The van der Waals surface area contributed by atoms with E-state index >= 15 is 0 Å². The van der Waals surface area contributed by atoms with Crippen molar-refractivity contribution in [3.8, 4) is 0 Å². The summed E-state index contributed by atoms with van der Waals surface area (Å²) < 4.78 is 0. The van der Waals surface area contributed by atoms with Gasteiger partial charge in [0.1, 0.15) is 0 Å². The molecule has 0 amide bonds. The summed E-state index contributed by atoms with van der Waals surface area (Å²) in [4.78, 5) is 3.89. The van der Waals surface area contributed by atoms with E-state index in [4.69, 9.17) is 0 Å². The number of hydrogen-bond acceptors (Lipinski definition) is 2. The first kappa shape index (κ1) is 6.66. The first-order valence-electron chi connectivity index (χ1n) is 2.76. The van der Waals surface area contributed by atoms with Gasteiger partial charge in [0.25, 0.3) is 0 Å². The molecular weight excluding hydrogens is 131 g/mol. The van der Waals surface area contributed by atoms with Crippen molar-refractivity contribution in [3.63, 3.8) is 0 Å². The van der Waals surface area contributed by atoms with Gasteiger partial charge in [-0.25, -0.2) is 0 Å². The Labute approximate surface area is 57.0 Å². The SMILES string of the molecule is PNCc1ccncc1. The minimum atomic E-state index is 0.882. The topological polar surface area (TPSA) is 24.9 Å². The van der Waals surface area contributed by atoms with Crippen LogP contribution in [0.15, 0.2) is 24.5 Å². The van der Waals surface area contributed by atoms with E-state index < -0.39 is 0 Å². The predicted molar refractivity (Wildman–Crippen MR) is 40.8 cm³/mol. The van der Waals surface area contributed by atoms with E-state index in [2.05, 4.69) is 19.5 Å². The molecule has 0 aliphatic rings. The molecule has 9 heavy (non-hydrogen) atoms. The summed E-state index contributed by atoms with van der Waals surface area (Å²) in [6.45, 7) is 0.882. The molecule has 48 valence electrons. The summed E-state index contributed by atoms with van der Waals surface area (Å²) in [6.07, 6.45) is 3.58. The standard InChI is InChI=1S/C6H9N2P/c9-8-5-6-1-3-7-4-2-6/h1-4,8H,5,9H2. The van der Waals surface area contributed by atoms with Gasteiger partial charge in [-0.05, 0) is 17.7 Å². The molecule has 1 aromatic rings. The summed E-state index contributed by atoms with van der Waals surface area (Å²) in [5.74, 6) is 0. The highest BCUT2D eigenvalue weighted by molar-refractivity contribution is 7.13. The van der Waals surface area contributed by atoms with Gasteiger partial charge in [-0.1, -0.05) is 9.39 Å². The van der Waals surface area contributed by atoms with Crippen LogP contribution in [0.5, 0.6) is 0 Å². The van der Waals surface area contributed by atoms with Gasteiger partial charge in [0.15, 0.2) is 0 Å². The summed E-state index contributed by atoms with van der Waals surface area (Å²) in [6, 6.07) is 3.97. The Morgan fingerprint density at radius 1 is 1.44 bits per heavy atom. The monoisotopic (exact) mass is 140 g/mol. The first-order chi connectivity index (χ1) is 4.43. The summed E-state index contributed by atoms with van der Waals surface area (Å²) in [5, 5.41) is 2.97. The molecule has 0 radical (unpaired) electrons. The van der Waals surface area contributed by atoms with Crippen molar-refractivity contribution >= 4 is 9.39 Å². The number of hydrogen-bond donors (Lipinski definition) is 1. The molecule has 0 saturated carbocycles. The third kappa shape index (κ3) is 2.08. The van der Waals surface area contributed by atoms with Crippen molar-refractivity contribution in [3.05, 3.63) is 30.1 Å². The molecule has 0 aliphatic carbocycles. The Bertz CT molecular complexity index is 164. The Hall–Kier alpha value is -0.460. The van der Waals surface area contributed by atoms with Crippen molar-refractivity contribution in [1.29, 1.82) is 0 Å². The highest BCUT2D eigenvalue weighted by Crippen LogP contribution is 1.94. The minimum absolute atomic E-state index is 0.882. The molecule has 3 heteroatoms. The van der Waals surface area contributed by atoms with E-state index in [-0.39, 0.29) is 0 Å². The zero-order valence-electron chi connectivity index (χ0n) is 5.04. The Balaban J connectivity index is 2.61. The van der Waals surface area contributed by atoms with E-state index in [1.54, 1.807) is 12.4 Å². The van der Waals surface area contributed by atoms with Gasteiger partial charge < -0.3 is 0 Å². The van der Waals surface area contributed by atoms with Crippen LogP contribution < -0.4 is 5.09 Å². The second-order valence-electron chi connectivity index (χ2n) is 1.74. The Morgan fingerprint density at radius 3 is 2.67 bits per heavy atom. The van der Waals surface area contributed by atoms with Gasteiger partial charge in [-0.2, -0.15) is 0 Å². The highest BCUT2D eigenvalue weighted by atomic mass is 31.0. The molecule has 0 bridgehead atoms. The van der Waals surface area contributed by atoms with E-state index in [0.717, 1.165) is 6.54 Å². The van der Waals surface area contributed by atoms with Crippen LogP contribution in [-0.4, -0.2) is 4.98 Å². The lowest BCUT2D eigenvalue weighted by molar-refractivity contribution is 0.972. The van der Waals surface area contributed by atoms with Crippen molar-refractivity contribution in [2.75, 3.05) is 0 Å². The lowest BCUT2D eigenvalue weighted by Gasteiger charge is -1.95. The van der Waals surface area contributed by atoms with Crippen molar-refractivity contribution in [2.24, 2.45) is 0 Å². The fourth-order valence-electron chi connectivity index (χ4n) is 0.618. The van der Waals surface area contributed by atoms with Crippen LogP contribution in [-0.2, 0) is 6.54 Å². The number of rotatable bonds is 2. The fourth-order valence-corrected chi connectivity index (χ4v) is 0.854. The number of nitrogens with one attached hydrogen (secondary N) is 1. The van der Waals surface area contributed by atoms with Crippen LogP contribution >= 0.6 is 9.39 Å². The molecule has 1 unspecified atom stereocenters. The Morgan fingerprint density at radius 2 is 2.11 bits per heavy atom. The first-order valence-corrected chi connectivity index (χ1v) is 3.33. The zero-order chi connectivity index (χ0) is 6.53. The molecule has 0 aliphatic heterocycles. The van der Waals surface area contributed by atoms with Crippen LogP contribution in [0.3, 0.4) is 0 Å². The molecule has 1 N–H and O–H groups in total. The van der Waals surface area contributed by atoms with Crippen LogP contribution in [0.1, 0.15) is 5.56 Å². The Kier molecular flexibility index (Phi) is 2.62. The smallest absolute Gasteiger partial charge is 0.0271 e. The van der Waals surface area contributed by atoms with E-state index in [1.807, 2.05) is 12.1 Å². The average Bonchev–Trinajstić information content (AvgIpc) is 1.91. The fraction of sp³-hybridized carbons (Fsp3) is 0.167. The molecule has 0 fully saturated rings. The summed E-state index contributed by atoms with van der Waals surface area (Å²) in [5.41, 5.74) is 1.25. The maximum absolute atomic E-state index is 3.89. The third-order valence-corrected chi connectivity index (χ3v) is 1.26. The molecule has 0 saturated heterocycles. The number of nitrogens with zero attached hydrogens (tertiary/aromatic N) is 1. The van der Waals surface area contributed by atoms with Crippen molar-refractivity contribution in [1.82, 2.24) is 10.1 Å². The van der Waals surface area contributed by atoms with Crippen LogP contribution in [0.25, 0.3) is 0 Å². The normalized spacial score (nSPS) is 9.44. The summed E-state index contributed by atoms with van der Waals surface area (Å²) in [7, 11) is 2.46. The second kappa shape index (κ2) is 3.54. The molecule has 1 rings (SSSR count). The average molecular weight is 140 g/mol. The zero-order valence-corrected chi connectivity index (χ0v) is 6.20. The minimum Gasteiger partial charge on any atom is -0.296 e. The van der Waals surface area contributed by atoms with Gasteiger partial charge >= 0.3 is 0 Å². The maximum Gasteiger partial charge on any atom is 0.0271 e. The maximum atomic E-state index is 3.89. The van der Waals surface area contributed by atoms with Crippen molar-refractivity contribution in [2.45, 2.75) is 6.54 Å². The third-order valence-electron chi connectivity index (χ3n) is 1.06. The summed E-state index contributed by atoms with van der Waals surface area (Å²) >= 11 is 0. The number of aromatic nitrogens is 1. The molecule has 1 heterocycles. The lowest BCUT2D eigenvalue weighted by atomic mass is 10.3. The van der Waals surface area contributed by atoms with Crippen LogP contribution in [0.2, 0.25) is 0 Å². The second-order valence-corrected chi connectivity index (χ2v) is 2.14. The van der Waals surface area contributed by atoms with Crippen LogP contribution in [0.4, 0.5) is 0 Å². The van der Waals surface area contributed by atoms with E-state index in [1.165, 1.54) is 5.56 Å². The van der Waals surface area contributed by atoms with Gasteiger partial charge in [0.2, 0.25) is 0 Å². The predicted octanol–water partition coefficient (Wildman–Crippen LogP) is 0.961. The molecule has 1 atom stereocenters. The number of pyridine rings is 1. The van der Waals surface area contributed by atoms with Gasteiger partial charge in [0.05, 0.1) is 0 Å². The van der Waals surface area contributed by atoms with Gasteiger partial charge in [-0.15, -0.1) is 0 Å². The van der Waals surface area contributed by atoms with Crippen LogP contribution in [0, 0.1) is 0 Å². The van der Waals surface area contributed by atoms with Crippen molar-refractivity contribution < 1.29 is 0 Å². The van der Waals surface area contributed by atoms with Gasteiger partial charge in [-0.3, -0.25) is 10.1 Å². The molecule has 1 aromatic heterocycles. The molecule has 2 nitrogen and oxygen atoms in total. The van der Waals surface area contributed by atoms with Gasteiger partial charge in [0, 0.05) is 18.9 Å². The molecule has 0 aromatic carbocycles. The quantitative estimate of drug-likeness (QED) is 0.619. The highest BCUT2D eigenvalue weighted by Gasteiger charge is 1.84. The van der Waals surface area contributed by atoms with E-state index in [0.29, 0.717) is 0 Å². The largest absolute Gasteiger partial charge is 0.296 e. The lowest BCUT2D eigenvalue weighted by Crippen LogP contribution is -1.96. The van der Waals surface area contributed by atoms with E-state index in [9.17, 15) is 0 Å².